The third kappa shape index (κ3) is 7.21. The van der Waals surface area contributed by atoms with Crippen molar-refractivity contribution in [2.45, 2.75) is 32.3 Å². The van der Waals surface area contributed by atoms with Crippen LogP contribution in [0.4, 0.5) is 10.1 Å². The molecule has 48 heavy (non-hydrogen) atoms. The van der Waals surface area contributed by atoms with Crippen LogP contribution in [0.5, 0.6) is 0 Å². The molecule has 1 aromatic heterocycles. The van der Waals surface area contributed by atoms with Gasteiger partial charge in [0.15, 0.2) is 0 Å². The molecule has 250 valence electrons. The first kappa shape index (κ1) is 33.5. The molecule has 1 aliphatic rings. The van der Waals surface area contributed by atoms with Crippen LogP contribution in [0.3, 0.4) is 0 Å². The summed E-state index contributed by atoms with van der Waals surface area (Å²) in [6.45, 7) is 4.51. The van der Waals surface area contributed by atoms with Gasteiger partial charge in [-0.1, -0.05) is 42.3 Å². The number of amides is 1. The van der Waals surface area contributed by atoms with E-state index in [0.29, 0.717) is 73.5 Å². The molecule has 0 saturated heterocycles. The van der Waals surface area contributed by atoms with Gasteiger partial charge in [0.1, 0.15) is 17.2 Å². The van der Waals surface area contributed by atoms with Gasteiger partial charge in [-0.3, -0.25) is 4.79 Å². The smallest absolute Gasteiger partial charge is 0.338 e. The molecule has 1 N–H and O–H groups in total. The third-order valence-corrected chi connectivity index (χ3v) is 9.30. The number of hydrogen-bond acceptors (Lipinski definition) is 8. The van der Waals surface area contributed by atoms with Crippen molar-refractivity contribution in [3.8, 4) is 11.3 Å². The second kappa shape index (κ2) is 15.2. The van der Waals surface area contributed by atoms with E-state index in [4.69, 9.17) is 18.6 Å². The van der Waals surface area contributed by atoms with Crippen LogP contribution < -0.4 is 9.62 Å². The lowest BCUT2D eigenvalue weighted by molar-refractivity contribution is 0.0440. The van der Waals surface area contributed by atoms with Crippen LogP contribution in [0.15, 0.2) is 77.2 Å². The zero-order valence-electron chi connectivity index (χ0n) is 27.3. The maximum absolute atomic E-state index is 13.7. The number of carbonyl (C=O) groups excluding carboxylic acids is 2. The molecular formula is C38H39FN2O6S. The third-order valence-electron chi connectivity index (χ3n) is 8.48. The maximum Gasteiger partial charge on any atom is 0.338 e. The lowest BCUT2D eigenvalue weighted by Gasteiger charge is -2.24. The van der Waals surface area contributed by atoms with E-state index in [9.17, 15) is 14.0 Å². The predicted octanol–water partition coefficient (Wildman–Crippen LogP) is 8.12. The van der Waals surface area contributed by atoms with Gasteiger partial charge in [0, 0.05) is 30.3 Å². The number of rotatable bonds is 15. The topological polar surface area (TPSA) is 90.2 Å². The summed E-state index contributed by atoms with van der Waals surface area (Å²) >= 11 is 1.61. The Balaban J connectivity index is 1.10. The Morgan fingerprint density at radius 1 is 0.958 bits per heavy atom. The molecular weight excluding hydrogens is 631 g/mol. The van der Waals surface area contributed by atoms with Gasteiger partial charge < -0.3 is 28.2 Å². The van der Waals surface area contributed by atoms with Crippen molar-refractivity contribution in [3.05, 3.63) is 101 Å². The van der Waals surface area contributed by atoms with E-state index < -0.39 is 0 Å². The van der Waals surface area contributed by atoms with Crippen LogP contribution in [0.25, 0.3) is 33.1 Å². The highest BCUT2D eigenvalue weighted by Crippen LogP contribution is 2.48. The summed E-state index contributed by atoms with van der Waals surface area (Å²) in [4.78, 5) is 25.5. The number of benzene rings is 4. The number of hydrogen-bond donors (Lipinski definition) is 1. The first-order valence-corrected chi connectivity index (χ1v) is 17.3. The second-order valence-corrected chi connectivity index (χ2v) is 12.4. The molecule has 0 radical (unpaired) electrons. The SMILES string of the molecule is CCOC(=O)c1ccc(COCCOCCN(SC)c2cc3oc(-c4ccc(F)cc4)c(C(=O)NC)c3cc2C2CC2)c2ccccc12. The maximum atomic E-state index is 13.7. The molecule has 0 atom stereocenters. The van der Waals surface area contributed by atoms with E-state index in [1.54, 1.807) is 44.1 Å². The lowest BCUT2D eigenvalue weighted by Crippen LogP contribution is -2.22. The molecule has 1 saturated carbocycles. The van der Waals surface area contributed by atoms with Gasteiger partial charge >= 0.3 is 5.97 Å². The molecule has 0 spiro atoms. The molecule has 8 nitrogen and oxygen atoms in total. The number of nitrogens with one attached hydrogen (secondary N) is 1. The molecule has 4 aromatic carbocycles. The van der Waals surface area contributed by atoms with Crippen LogP contribution in [-0.4, -0.2) is 58.2 Å². The molecule has 1 amide bonds. The van der Waals surface area contributed by atoms with E-state index in [-0.39, 0.29) is 17.7 Å². The number of nitrogens with zero attached hydrogens (tertiary/aromatic N) is 1. The molecule has 1 aliphatic carbocycles. The summed E-state index contributed by atoms with van der Waals surface area (Å²) in [5.74, 6) is -0.0927. The first-order chi connectivity index (χ1) is 23.4. The number of carbonyl (C=O) groups is 2. The average Bonchev–Trinajstić information content (AvgIpc) is 3.89. The van der Waals surface area contributed by atoms with Crippen molar-refractivity contribution in [1.29, 1.82) is 0 Å². The molecule has 0 bridgehead atoms. The summed E-state index contributed by atoms with van der Waals surface area (Å²) in [5.41, 5.74) is 5.46. The average molecular weight is 671 g/mol. The van der Waals surface area contributed by atoms with Gasteiger partial charge in [-0.05, 0) is 84.0 Å². The summed E-state index contributed by atoms with van der Waals surface area (Å²) in [6, 6.07) is 21.6. The largest absolute Gasteiger partial charge is 0.462 e. The normalized spacial score (nSPS) is 12.8. The summed E-state index contributed by atoms with van der Waals surface area (Å²) in [5, 5.41) is 5.30. The Morgan fingerprint density at radius 3 is 2.42 bits per heavy atom. The standard InChI is InChI=1S/C38H39FN2O6S/c1-4-46-38(43)30-16-13-26(28-7-5-6-8-29(28)30)23-45-20-19-44-18-17-41(48-3)33-22-34-32(21-31(33)24-9-10-24)35(37(42)40-2)36(47-34)25-11-14-27(39)15-12-25/h5-8,11-16,21-22,24H,4,9-10,17-20,23H2,1-3H3,(H,40,42). The Morgan fingerprint density at radius 2 is 1.71 bits per heavy atom. The summed E-state index contributed by atoms with van der Waals surface area (Å²) in [7, 11) is 1.60. The zero-order chi connectivity index (χ0) is 33.6. The van der Waals surface area contributed by atoms with Crippen molar-refractivity contribution >= 4 is 51.3 Å². The van der Waals surface area contributed by atoms with Gasteiger partial charge in [0.25, 0.3) is 5.91 Å². The molecule has 1 fully saturated rings. The van der Waals surface area contributed by atoms with Crippen molar-refractivity contribution in [1.82, 2.24) is 5.32 Å². The Hall–Kier alpha value is -4.38. The van der Waals surface area contributed by atoms with Gasteiger partial charge in [0.05, 0.1) is 56.4 Å². The van der Waals surface area contributed by atoms with Gasteiger partial charge in [-0.25, -0.2) is 9.18 Å². The Labute approximate surface area is 283 Å². The number of ether oxygens (including phenoxy) is 3. The number of esters is 1. The highest BCUT2D eigenvalue weighted by molar-refractivity contribution is 7.99. The van der Waals surface area contributed by atoms with Crippen molar-refractivity contribution in [3.63, 3.8) is 0 Å². The Bertz CT molecular complexity index is 1920. The van der Waals surface area contributed by atoms with Crippen LogP contribution in [0.2, 0.25) is 0 Å². The number of halogens is 1. The first-order valence-electron chi connectivity index (χ1n) is 16.2. The highest BCUT2D eigenvalue weighted by atomic mass is 32.2. The van der Waals surface area contributed by atoms with E-state index >= 15 is 0 Å². The molecule has 6 rings (SSSR count). The zero-order valence-corrected chi connectivity index (χ0v) is 28.2. The summed E-state index contributed by atoms with van der Waals surface area (Å²) < 4.78 is 39.4. The number of fused-ring (bicyclic) bond motifs is 2. The van der Waals surface area contributed by atoms with Gasteiger partial charge in [-0.2, -0.15) is 0 Å². The minimum Gasteiger partial charge on any atom is -0.462 e. The van der Waals surface area contributed by atoms with Crippen LogP contribution >= 0.6 is 11.9 Å². The van der Waals surface area contributed by atoms with Gasteiger partial charge in [0.2, 0.25) is 0 Å². The van der Waals surface area contributed by atoms with E-state index in [2.05, 4.69) is 15.7 Å². The van der Waals surface area contributed by atoms with Crippen LogP contribution in [-0.2, 0) is 20.8 Å². The molecule has 5 aromatic rings. The van der Waals surface area contributed by atoms with E-state index in [0.717, 1.165) is 40.3 Å². The molecule has 10 heteroatoms. The minimum absolute atomic E-state index is 0.248. The molecule has 0 unspecified atom stereocenters. The fourth-order valence-corrected chi connectivity index (χ4v) is 6.59. The van der Waals surface area contributed by atoms with Crippen LogP contribution in [0, 0.1) is 5.82 Å². The lowest BCUT2D eigenvalue weighted by atomic mass is 10.00. The fraction of sp³-hybridized carbons (Fsp3) is 0.316. The van der Waals surface area contributed by atoms with Crippen LogP contribution in [0.1, 0.15) is 57.5 Å². The molecule has 1 heterocycles. The molecule has 0 aliphatic heterocycles. The Kier molecular flexibility index (Phi) is 10.6. The van der Waals surface area contributed by atoms with Crippen molar-refractivity contribution in [2.75, 3.05) is 50.6 Å². The summed E-state index contributed by atoms with van der Waals surface area (Å²) in [6.07, 6.45) is 4.21. The van der Waals surface area contributed by atoms with Crippen molar-refractivity contribution in [2.24, 2.45) is 0 Å². The highest BCUT2D eigenvalue weighted by Gasteiger charge is 2.31. The van der Waals surface area contributed by atoms with E-state index in [1.165, 1.54) is 17.7 Å². The minimum atomic E-state index is -0.352. The van der Waals surface area contributed by atoms with Gasteiger partial charge in [-0.15, -0.1) is 0 Å². The monoisotopic (exact) mass is 670 g/mol. The quantitative estimate of drug-likeness (QED) is 0.0679. The second-order valence-electron chi connectivity index (χ2n) is 11.6. The number of anilines is 1. The van der Waals surface area contributed by atoms with Crippen molar-refractivity contribution < 1.29 is 32.6 Å². The number of furan rings is 1. The van der Waals surface area contributed by atoms with E-state index in [1.807, 2.05) is 42.7 Å². The predicted molar refractivity (Wildman–Crippen MR) is 188 cm³/mol. The fourth-order valence-electron chi connectivity index (χ4n) is 5.97.